The van der Waals surface area contributed by atoms with Gasteiger partial charge in [-0.25, -0.2) is 4.79 Å². The van der Waals surface area contributed by atoms with Crippen LogP contribution in [0.25, 0.3) is 0 Å². The van der Waals surface area contributed by atoms with Gasteiger partial charge in [0.25, 0.3) is 0 Å². The smallest absolute Gasteiger partial charge is 0.428 e. The molecule has 0 radical (unpaired) electrons. The van der Waals surface area contributed by atoms with Gasteiger partial charge in [-0.1, -0.05) is 54.6 Å². The van der Waals surface area contributed by atoms with Crippen molar-refractivity contribution < 1.29 is 23.9 Å². The summed E-state index contributed by atoms with van der Waals surface area (Å²) < 4.78 is 11.7. The molecule has 7 aromatic rings. The highest BCUT2D eigenvalue weighted by atomic mass is 16.7. The van der Waals surface area contributed by atoms with Crippen LogP contribution in [0.3, 0.4) is 0 Å². The Kier molecular flexibility index (Phi) is 17.5. The minimum absolute atomic E-state index is 0.385. The first-order chi connectivity index (χ1) is 38.0. The fourth-order valence-corrected chi connectivity index (χ4v) is 12.4. The molecule has 13 heteroatoms. The molecule has 0 fully saturated rings. The fourth-order valence-electron chi connectivity index (χ4n) is 12.4. The average molecular weight is 1090 g/mol. The van der Waals surface area contributed by atoms with E-state index >= 15 is 0 Å². The summed E-state index contributed by atoms with van der Waals surface area (Å²) in [4.78, 5) is 62.4. The number of benzene rings is 7. The lowest BCUT2D eigenvalue weighted by Gasteiger charge is -2.32. The Hall–Kier alpha value is -7.87. The maximum Gasteiger partial charge on any atom is 0.514 e. The van der Waals surface area contributed by atoms with E-state index in [4.69, 9.17) is 30.9 Å². The Labute approximate surface area is 478 Å². The molecule has 0 spiro atoms. The van der Waals surface area contributed by atoms with Crippen LogP contribution in [0.5, 0.6) is 17.2 Å². The molecule has 0 saturated heterocycles. The number of carbonyl (C=O) groups is 1. The van der Waals surface area contributed by atoms with Crippen molar-refractivity contribution in [2.75, 3.05) is 0 Å². The van der Waals surface area contributed by atoms with Crippen LogP contribution in [0.15, 0.2) is 70.1 Å². The van der Waals surface area contributed by atoms with Gasteiger partial charge in [0.15, 0.2) is 11.5 Å². The van der Waals surface area contributed by atoms with E-state index in [0.29, 0.717) is 34.3 Å². The summed E-state index contributed by atoms with van der Waals surface area (Å²) >= 11 is 0. The molecule has 0 aromatic heterocycles. The molecule has 7 rings (SSSR count). The predicted molar refractivity (Wildman–Crippen MR) is 326 cm³/mol. The zero-order valence-corrected chi connectivity index (χ0v) is 51.2. The summed E-state index contributed by atoms with van der Waals surface area (Å²) in [5.41, 5.74) is 24.0. The molecule has 424 valence electrons. The number of nitrogens with zero attached hydrogens (tertiary/aromatic N) is 3. The molecule has 0 bridgehead atoms. The van der Waals surface area contributed by atoms with Crippen LogP contribution in [0, 0.1) is 139 Å². The van der Waals surface area contributed by atoms with E-state index in [0.717, 1.165) is 150 Å². The molecule has 7 aromatic carbocycles. The van der Waals surface area contributed by atoms with Gasteiger partial charge in [0, 0.05) is 17.8 Å². The normalized spacial score (nSPS) is 12.7. The van der Waals surface area contributed by atoms with E-state index in [2.05, 4.69) is 97.8 Å². The third kappa shape index (κ3) is 11.1. The second-order valence-electron chi connectivity index (χ2n) is 23.5. The van der Waals surface area contributed by atoms with Crippen molar-refractivity contribution in [2.45, 2.75) is 169 Å². The number of carbonyl (C=O) groups excluding carboxylic acids is 1. The van der Waals surface area contributed by atoms with Crippen LogP contribution < -0.4 is 26.2 Å². The van der Waals surface area contributed by atoms with Gasteiger partial charge in [-0.3, -0.25) is 0 Å². The molecule has 0 aliphatic heterocycles. The van der Waals surface area contributed by atoms with Crippen LogP contribution in [0.1, 0.15) is 189 Å². The molecule has 81 heavy (non-hydrogen) atoms. The number of aryl methyl sites for hydroxylation is 6. The number of rotatable bonds is 15. The van der Waals surface area contributed by atoms with E-state index in [-0.39, 0.29) is 0 Å². The van der Waals surface area contributed by atoms with Crippen molar-refractivity contribution in [3.8, 4) is 17.2 Å². The second-order valence-corrected chi connectivity index (χ2v) is 23.5. The van der Waals surface area contributed by atoms with Gasteiger partial charge >= 0.3 is 6.16 Å². The summed E-state index contributed by atoms with van der Waals surface area (Å²) in [5.74, 6) is 12.1. The molecule has 3 atom stereocenters. The molecule has 4 N–H and O–H groups in total. The highest BCUT2D eigenvalue weighted by Crippen LogP contribution is 2.50. The van der Waals surface area contributed by atoms with Gasteiger partial charge in [0.2, 0.25) is 0 Å². The van der Waals surface area contributed by atoms with Crippen LogP contribution in [0.2, 0.25) is 0 Å². The number of nitroso groups, excluding NO2 is 3. The van der Waals surface area contributed by atoms with Crippen molar-refractivity contribution in [3.05, 3.63) is 220 Å². The highest BCUT2D eigenvalue weighted by molar-refractivity contribution is 5.70. The fraction of sp³-hybridized carbons (Fsp3) is 0.368. The maximum atomic E-state index is 13.4. The van der Waals surface area contributed by atoms with E-state index in [1.165, 1.54) is 0 Å². The van der Waals surface area contributed by atoms with Crippen LogP contribution in [-0.4, -0.2) is 11.8 Å². The molecule has 0 heterocycles. The Morgan fingerprint density at radius 2 is 0.593 bits per heavy atom. The Morgan fingerprint density at radius 1 is 0.358 bits per heavy atom. The zero-order valence-electron chi connectivity index (χ0n) is 51.2. The van der Waals surface area contributed by atoms with Gasteiger partial charge in [0.1, 0.15) is 28.4 Å². The molecular weight excluding hydrogens is 1010 g/mol. The summed E-state index contributed by atoms with van der Waals surface area (Å²) in [5, 5.41) is 10.6. The molecule has 0 amide bonds. The Bertz CT molecular complexity index is 3600. The first-order valence-corrected chi connectivity index (χ1v) is 27.4. The van der Waals surface area contributed by atoms with E-state index < -0.39 is 29.5 Å². The third-order valence-corrected chi connectivity index (χ3v) is 17.4. The lowest BCUT2D eigenvalue weighted by atomic mass is 9.72. The largest absolute Gasteiger partial charge is 0.514 e. The zero-order chi connectivity index (χ0) is 60.2. The number of nitrogens with two attached hydrogens (primary N) is 2. The van der Waals surface area contributed by atoms with Crippen molar-refractivity contribution in [3.63, 3.8) is 0 Å². The van der Waals surface area contributed by atoms with Gasteiger partial charge in [-0.2, -0.15) is 11.8 Å². The monoisotopic (exact) mass is 1090 g/mol. The first kappa shape index (κ1) is 60.8. The van der Waals surface area contributed by atoms with E-state index in [9.17, 15) is 19.5 Å². The number of hydrogen-bond donors (Lipinski definition) is 2. The summed E-state index contributed by atoms with van der Waals surface area (Å²) in [6.45, 7) is 41.3. The Morgan fingerprint density at radius 3 is 0.840 bits per heavy atom. The van der Waals surface area contributed by atoms with E-state index in [1.54, 1.807) is 20.8 Å². The topological polar surface area (TPSA) is 194 Å². The second kappa shape index (κ2) is 23.3. The minimum atomic E-state index is -0.806. The van der Waals surface area contributed by atoms with Gasteiger partial charge in [0.05, 0.1) is 0 Å². The lowest BCUT2D eigenvalue weighted by Crippen LogP contribution is -2.26. The molecule has 3 unspecified atom stereocenters. The van der Waals surface area contributed by atoms with Gasteiger partial charge < -0.3 is 19.1 Å². The summed E-state index contributed by atoms with van der Waals surface area (Å²) in [6, 6.07) is 19.6. The lowest BCUT2D eigenvalue weighted by molar-refractivity contribution is 0.0203. The van der Waals surface area contributed by atoms with Crippen molar-refractivity contribution in [1.29, 1.82) is 0 Å². The molecule has 0 aliphatic carbocycles. The quantitative estimate of drug-likeness (QED) is 0.0328. The first-order valence-electron chi connectivity index (χ1n) is 27.4. The molecule has 0 saturated carbocycles. The SMILES string of the molecule is Cc1cc(C(c2cc(C(c3cc(C)c(N=O)c(C)c3C)c3cc(C)c(ON)c(C)c3C)cc(C(c3cc(C)c(N=O)c(C)c3C)c3cc(C)c(OC(=O)OC(C)(C)C)c(C)c3C)c2)c2cc(C)c(ON)c(C)c2C)c(C)c(C)c1N=O. The molecular formula is C68H79N5O8. The molecule has 13 nitrogen and oxygen atoms in total. The van der Waals surface area contributed by atoms with Crippen LogP contribution in [0.4, 0.5) is 21.9 Å². The summed E-state index contributed by atoms with van der Waals surface area (Å²) in [7, 11) is 0. The molecule has 0 aliphatic rings. The maximum absolute atomic E-state index is 13.4. The van der Waals surface area contributed by atoms with Gasteiger partial charge in [-0.15, -0.1) is 14.7 Å². The average Bonchev–Trinajstić information content (AvgIpc) is 3.48. The standard InChI is InChI=1S/C68H79N5O8/c1-31-22-52(37(7)43(13)61(31)71-75)58(55-25-34(4)64(46(16)40(55)10)78-67(74)79-68(19,20)21)49-28-50(59(53-23-32(2)62(72-76)44(14)38(53)8)56-26-35(5)65(80-69)47(17)41(56)11)30-51(29-49)60(54-24-33(3)63(73-77)45(15)39(54)9)57-27-36(6)66(81-70)48(18)42(57)12/h22-30,58-60H,69-70H2,1-21H3. The van der Waals surface area contributed by atoms with Crippen molar-refractivity contribution >= 4 is 23.2 Å². The van der Waals surface area contributed by atoms with Crippen LogP contribution in [-0.2, 0) is 4.74 Å². The highest BCUT2D eigenvalue weighted by Gasteiger charge is 2.34. The van der Waals surface area contributed by atoms with Crippen molar-refractivity contribution in [2.24, 2.45) is 27.3 Å². The number of hydrogen-bond acceptors (Lipinski definition) is 13. The predicted octanol–water partition coefficient (Wildman–Crippen LogP) is 17.8. The van der Waals surface area contributed by atoms with E-state index in [1.807, 2.05) is 96.9 Å². The number of ether oxygens (including phenoxy) is 2. The summed E-state index contributed by atoms with van der Waals surface area (Å²) in [6.07, 6.45) is -0.806. The van der Waals surface area contributed by atoms with Crippen LogP contribution >= 0.6 is 0 Å². The van der Waals surface area contributed by atoms with Crippen molar-refractivity contribution in [1.82, 2.24) is 0 Å². The minimum Gasteiger partial charge on any atom is -0.428 e. The third-order valence-electron chi connectivity index (χ3n) is 17.4. The van der Waals surface area contributed by atoms with Gasteiger partial charge in [-0.05, 0) is 311 Å². The Balaban J connectivity index is 1.79.